The van der Waals surface area contributed by atoms with Crippen LogP contribution in [0.2, 0.25) is 0 Å². The van der Waals surface area contributed by atoms with Gasteiger partial charge in [0, 0.05) is 4.43 Å². The number of alkyl halides is 1. The van der Waals surface area contributed by atoms with Crippen molar-refractivity contribution in [3.8, 4) is 0 Å². The van der Waals surface area contributed by atoms with Gasteiger partial charge in [0.05, 0.1) is 0 Å². The molecule has 0 spiro atoms. The molecule has 0 amide bonds. The second kappa shape index (κ2) is 14.5. The van der Waals surface area contributed by atoms with E-state index in [1.165, 1.54) is 68.6 Å². The molecule has 0 fully saturated rings. The summed E-state index contributed by atoms with van der Waals surface area (Å²) >= 11 is 2.43. The average molecular weight is 322 g/mol. The molecule has 0 saturated heterocycles. The molecule has 0 aliphatic rings. The molecule has 0 aromatic heterocycles. The summed E-state index contributed by atoms with van der Waals surface area (Å²) in [5.41, 5.74) is 0. The van der Waals surface area contributed by atoms with Crippen molar-refractivity contribution in [2.75, 3.05) is 4.43 Å². The maximum Gasteiger partial charge on any atom is 0.00299 e. The molecule has 0 bridgehead atoms. The topological polar surface area (TPSA) is 0 Å². The molecular formula is C14H27I. The minimum atomic E-state index is 1.25. The first kappa shape index (κ1) is 15.5. The molecule has 0 heterocycles. The first-order valence-corrected chi connectivity index (χ1v) is 8.15. The predicted molar refractivity (Wildman–Crippen MR) is 79.9 cm³/mol. The summed E-state index contributed by atoms with van der Waals surface area (Å²) in [6.07, 6.45) is 18.7. The number of hydrogen-bond donors (Lipinski definition) is 0. The average Bonchev–Trinajstić information content (AvgIpc) is 2.26. The Kier molecular flexibility index (Phi) is 14.9. The van der Waals surface area contributed by atoms with E-state index in [1.54, 1.807) is 0 Å². The Hall–Kier alpha value is 0.470. The molecule has 0 atom stereocenters. The van der Waals surface area contributed by atoms with Gasteiger partial charge < -0.3 is 0 Å². The Balaban J connectivity index is 2.92. The molecule has 0 unspecified atom stereocenters. The zero-order valence-electron chi connectivity index (χ0n) is 10.3. The number of halogens is 1. The fourth-order valence-corrected chi connectivity index (χ4v) is 2.05. The van der Waals surface area contributed by atoms with E-state index in [0.717, 1.165) is 0 Å². The highest BCUT2D eigenvalue weighted by Gasteiger charge is 1.90. The highest BCUT2D eigenvalue weighted by atomic mass is 127. The lowest BCUT2D eigenvalue weighted by atomic mass is 10.1. The minimum absolute atomic E-state index is 1.25. The molecule has 0 aliphatic heterocycles. The van der Waals surface area contributed by atoms with E-state index in [0.29, 0.717) is 0 Å². The molecule has 0 aliphatic carbocycles. The normalized spacial score (nSPS) is 11.3. The van der Waals surface area contributed by atoms with Gasteiger partial charge in [-0.25, -0.2) is 0 Å². The van der Waals surface area contributed by atoms with Crippen LogP contribution in [-0.2, 0) is 0 Å². The van der Waals surface area contributed by atoms with Crippen LogP contribution in [0.4, 0.5) is 0 Å². The molecule has 0 aromatic rings. The van der Waals surface area contributed by atoms with Crippen molar-refractivity contribution in [3.63, 3.8) is 0 Å². The van der Waals surface area contributed by atoms with Crippen LogP contribution in [0.15, 0.2) is 12.2 Å². The number of rotatable bonds is 11. The molecular weight excluding hydrogens is 295 g/mol. The zero-order chi connectivity index (χ0) is 11.2. The van der Waals surface area contributed by atoms with Gasteiger partial charge in [-0.05, 0) is 19.3 Å². The minimum Gasteiger partial charge on any atom is -0.0885 e. The van der Waals surface area contributed by atoms with Crippen molar-refractivity contribution >= 4 is 22.6 Å². The Morgan fingerprint density at radius 2 is 1.27 bits per heavy atom. The number of unbranched alkanes of at least 4 members (excludes halogenated alkanes) is 8. The van der Waals surface area contributed by atoms with Crippen LogP contribution in [-0.4, -0.2) is 4.43 Å². The van der Waals surface area contributed by atoms with Gasteiger partial charge in [0.1, 0.15) is 0 Å². The van der Waals surface area contributed by atoms with Crippen molar-refractivity contribution < 1.29 is 0 Å². The van der Waals surface area contributed by atoms with Gasteiger partial charge in [0.2, 0.25) is 0 Å². The molecule has 0 nitrogen and oxygen atoms in total. The molecule has 0 saturated carbocycles. The van der Waals surface area contributed by atoms with Crippen LogP contribution >= 0.6 is 22.6 Å². The van der Waals surface area contributed by atoms with Crippen LogP contribution in [0.3, 0.4) is 0 Å². The maximum atomic E-state index is 2.43. The molecule has 90 valence electrons. The lowest BCUT2D eigenvalue weighted by Crippen LogP contribution is -1.80. The monoisotopic (exact) mass is 322 g/mol. The van der Waals surface area contributed by atoms with Gasteiger partial charge in [-0.1, -0.05) is 86.6 Å². The van der Waals surface area contributed by atoms with Crippen LogP contribution in [0.5, 0.6) is 0 Å². The number of allylic oxidation sites excluding steroid dienone is 2. The van der Waals surface area contributed by atoms with Gasteiger partial charge in [0.15, 0.2) is 0 Å². The quantitative estimate of drug-likeness (QED) is 0.192. The lowest BCUT2D eigenvalue weighted by molar-refractivity contribution is 0.577. The van der Waals surface area contributed by atoms with Crippen LogP contribution in [0, 0.1) is 0 Å². The Morgan fingerprint density at radius 1 is 0.733 bits per heavy atom. The van der Waals surface area contributed by atoms with Gasteiger partial charge in [0.25, 0.3) is 0 Å². The van der Waals surface area contributed by atoms with Gasteiger partial charge >= 0.3 is 0 Å². The zero-order valence-corrected chi connectivity index (χ0v) is 12.5. The third-order valence-electron chi connectivity index (χ3n) is 2.67. The Morgan fingerprint density at radius 3 is 1.87 bits per heavy atom. The van der Waals surface area contributed by atoms with Crippen LogP contribution < -0.4 is 0 Å². The fourth-order valence-electron chi connectivity index (χ4n) is 1.69. The van der Waals surface area contributed by atoms with E-state index < -0.39 is 0 Å². The van der Waals surface area contributed by atoms with Crippen molar-refractivity contribution in [1.29, 1.82) is 0 Å². The summed E-state index contributed by atoms with van der Waals surface area (Å²) < 4.78 is 1.26. The van der Waals surface area contributed by atoms with E-state index in [9.17, 15) is 0 Å². The van der Waals surface area contributed by atoms with Crippen LogP contribution in [0.1, 0.15) is 71.1 Å². The standard InChI is InChI=1S/C14H27I/c1-2-3-4-5-6-7-8-9-10-11-12-13-14-15/h11-12H,2-10,13-14H2,1H3. The van der Waals surface area contributed by atoms with Gasteiger partial charge in [-0.2, -0.15) is 0 Å². The highest BCUT2D eigenvalue weighted by Crippen LogP contribution is 2.09. The maximum absolute atomic E-state index is 2.43. The van der Waals surface area contributed by atoms with Crippen LogP contribution in [0.25, 0.3) is 0 Å². The molecule has 0 aromatic carbocycles. The Bertz CT molecular complexity index is 129. The first-order valence-electron chi connectivity index (χ1n) is 6.62. The summed E-state index contributed by atoms with van der Waals surface area (Å²) in [5, 5.41) is 0. The second-order valence-electron chi connectivity index (χ2n) is 4.21. The lowest BCUT2D eigenvalue weighted by Gasteiger charge is -1.99. The Labute approximate surface area is 110 Å². The predicted octanol–water partition coefficient (Wildman–Crippen LogP) is 5.90. The summed E-state index contributed by atoms with van der Waals surface area (Å²) in [5.74, 6) is 0. The SMILES string of the molecule is CCCCCCCCCCC=CCCI. The van der Waals surface area contributed by atoms with E-state index in [2.05, 4.69) is 41.7 Å². The third-order valence-corrected chi connectivity index (χ3v) is 3.29. The third kappa shape index (κ3) is 14.5. The molecule has 0 N–H and O–H groups in total. The molecule has 0 radical (unpaired) electrons. The number of hydrogen-bond acceptors (Lipinski definition) is 0. The summed E-state index contributed by atoms with van der Waals surface area (Å²) in [6, 6.07) is 0. The smallest absolute Gasteiger partial charge is 0.00299 e. The van der Waals surface area contributed by atoms with E-state index >= 15 is 0 Å². The molecule has 0 rings (SSSR count). The summed E-state index contributed by atoms with van der Waals surface area (Å²) in [4.78, 5) is 0. The van der Waals surface area contributed by atoms with Crippen molar-refractivity contribution in [1.82, 2.24) is 0 Å². The molecule has 1 heteroatoms. The summed E-state index contributed by atoms with van der Waals surface area (Å²) in [6.45, 7) is 2.28. The van der Waals surface area contributed by atoms with Gasteiger partial charge in [-0.3, -0.25) is 0 Å². The van der Waals surface area contributed by atoms with Crippen molar-refractivity contribution in [3.05, 3.63) is 12.2 Å². The van der Waals surface area contributed by atoms with Crippen molar-refractivity contribution in [2.24, 2.45) is 0 Å². The van der Waals surface area contributed by atoms with E-state index in [1.807, 2.05) is 0 Å². The van der Waals surface area contributed by atoms with E-state index in [-0.39, 0.29) is 0 Å². The summed E-state index contributed by atoms with van der Waals surface area (Å²) in [7, 11) is 0. The highest BCUT2D eigenvalue weighted by molar-refractivity contribution is 14.1. The largest absolute Gasteiger partial charge is 0.0885 e. The van der Waals surface area contributed by atoms with Gasteiger partial charge in [-0.15, -0.1) is 0 Å². The molecule has 15 heavy (non-hydrogen) atoms. The van der Waals surface area contributed by atoms with Crippen molar-refractivity contribution in [2.45, 2.75) is 71.1 Å². The fraction of sp³-hybridized carbons (Fsp3) is 0.857. The first-order chi connectivity index (χ1) is 7.41. The van der Waals surface area contributed by atoms with E-state index in [4.69, 9.17) is 0 Å². The second-order valence-corrected chi connectivity index (χ2v) is 5.29.